The quantitative estimate of drug-likeness (QED) is 0.802. The Morgan fingerprint density at radius 2 is 2.06 bits per heavy atom. The molecule has 0 spiro atoms. The number of phenolic OH excluding ortho intramolecular Hbond substituents is 1. The minimum absolute atomic E-state index is 0.00674. The lowest BCUT2D eigenvalue weighted by atomic mass is 10.0. The summed E-state index contributed by atoms with van der Waals surface area (Å²) in [5.74, 6) is 0.942. The summed E-state index contributed by atoms with van der Waals surface area (Å²) >= 11 is 0. The van der Waals surface area contributed by atoms with E-state index in [0.29, 0.717) is 30.3 Å². The van der Waals surface area contributed by atoms with Crippen LogP contribution in [0.2, 0.25) is 0 Å². The van der Waals surface area contributed by atoms with Crippen molar-refractivity contribution in [3.63, 3.8) is 0 Å². The zero-order chi connectivity index (χ0) is 11.5. The number of fused-ring (bicyclic) bond motifs is 1. The Bertz CT molecular complexity index is 376. The fourth-order valence-corrected chi connectivity index (χ4v) is 1.73. The van der Waals surface area contributed by atoms with Crippen LogP contribution in [0.25, 0.3) is 0 Å². The van der Waals surface area contributed by atoms with Crippen molar-refractivity contribution >= 4 is 0 Å². The first-order valence-electron chi connectivity index (χ1n) is 5.46. The second-order valence-electron chi connectivity index (χ2n) is 3.96. The van der Waals surface area contributed by atoms with Crippen molar-refractivity contribution in [3.05, 3.63) is 17.7 Å². The fraction of sp³-hybridized carbons (Fsp3) is 0.500. The largest absolute Gasteiger partial charge is 0.504 e. The van der Waals surface area contributed by atoms with Crippen LogP contribution in [0.3, 0.4) is 0 Å². The van der Waals surface area contributed by atoms with Crippen molar-refractivity contribution in [2.24, 2.45) is 0 Å². The second-order valence-corrected chi connectivity index (χ2v) is 3.96. The minimum atomic E-state index is -0.114. The van der Waals surface area contributed by atoms with Gasteiger partial charge in [-0.25, -0.2) is 0 Å². The number of hydrogen-bond acceptors (Lipinski definition) is 4. The van der Waals surface area contributed by atoms with E-state index in [2.05, 4.69) is 0 Å². The van der Waals surface area contributed by atoms with Crippen molar-refractivity contribution in [1.29, 1.82) is 0 Å². The monoisotopic (exact) mass is 224 g/mol. The summed E-state index contributed by atoms with van der Waals surface area (Å²) in [6, 6.07) is 3.55. The Balaban J connectivity index is 2.41. The van der Waals surface area contributed by atoms with Crippen LogP contribution in [0.4, 0.5) is 0 Å². The molecule has 1 unspecified atom stereocenters. The molecule has 0 bridgehead atoms. The Morgan fingerprint density at radius 3 is 2.81 bits per heavy atom. The van der Waals surface area contributed by atoms with Gasteiger partial charge in [-0.15, -0.1) is 0 Å². The summed E-state index contributed by atoms with van der Waals surface area (Å²) in [7, 11) is 0. The molecule has 1 atom stereocenters. The van der Waals surface area contributed by atoms with E-state index in [0.717, 1.165) is 6.42 Å². The van der Waals surface area contributed by atoms with Crippen LogP contribution in [-0.2, 0) is 0 Å². The van der Waals surface area contributed by atoms with Gasteiger partial charge >= 0.3 is 0 Å². The van der Waals surface area contributed by atoms with Gasteiger partial charge in [-0.05, 0) is 6.07 Å². The van der Waals surface area contributed by atoms with E-state index < -0.39 is 0 Å². The molecule has 0 aromatic heterocycles. The molecule has 0 aliphatic carbocycles. The zero-order valence-corrected chi connectivity index (χ0v) is 9.27. The smallest absolute Gasteiger partial charge is 0.203 e. The molecule has 2 N–H and O–H groups in total. The highest BCUT2D eigenvalue weighted by Gasteiger charge is 2.20. The first-order chi connectivity index (χ1) is 7.74. The SMILES string of the molecule is CC(CO)c1ccc2c(c1O)OCCCO2. The van der Waals surface area contributed by atoms with Gasteiger partial charge in [-0.2, -0.15) is 0 Å². The van der Waals surface area contributed by atoms with Crippen molar-refractivity contribution in [2.45, 2.75) is 19.3 Å². The number of rotatable bonds is 2. The lowest BCUT2D eigenvalue weighted by molar-refractivity contribution is 0.267. The van der Waals surface area contributed by atoms with Gasteiger partial charge in [0, 0.05) is 24.5 Å². The molecule has 4 heteroatoms. The van der Waals surface area contributed by atoms with E-state index >= 15 is 0 Å². The van der Waals surface area contributed by atoms with Crippen LogP contribution in [0.5, 0.6) is 17.2 Å². The number of phenols is 1. The highest BCUT2D eigenvalue weighted by molar-refractivity contribution is 5.56. The van der Waals surface area contributed by atoms with Crippen molar-refractivity contribution in [3.8, 4) is 17.2 Å². The molecular weight excluding hydrogens is 208 g/mol. The molecular formula is C12H16O4. The van der Waals surface area contributed by atoms with Crippen LogP contribution in [0, 0.1) is 0 Å². The third kappa shape index (κ3) is 1.93. The number of aromatic hydroxyl groups is 1. The third-order valence-corrected chi connectivity index (χ3v) is 2.72. The lowest BCUT2D eigenvalue weighted by Crippen LogP contribution is -2.01. The normalized spacial score (nSPS) is 16.6. The molecule has 0 radical (unpaired) electrons. The van der Waals surface area contributed by atoms with Gasteiger partial charge in [0.15, 0.2) is 11.5 Å². The first-order valence-corrected chi connectivity index (χ1v) is 5.46. The molecule has 0 amide bonds. The average Bonchev–Trinajstić information content (AvgIpc) is 2.54. The van der Waals surface area contributed by atoms with Crippen molar-refractivity contribution in [1.82, 2.24) is 0 Å². The lowest BCUT2D eigenvalue weighted by Gasteiger charge is -2.15. The summed E-state index contributed by atoms with van der Waals surface area (Å²) in [5, 5.41) is 19.1. The van der Waals surface area contributed by atoms with Gasteiger partial charge in [-0.1, -0.05) is 13.0 Å². The van der Waals surface area contributed by atoms with Gasteiger partial charge in [0.2, 0.25) is 5.75 Å². The molecule has 4 nitrogen and oxygen atoms in total. The predicted octanol–water partition coefficient (Wildman–Crippen LogP) is 1.65. The standard InChI is InChI=1S/C12H16O4/c1-8(7-13)9-3-4-10-12(11(9)14)16-6-2-5-15-10/h3-4,8,13-14H,2,5-7H2,1H3. The summed E-state index contributed by atoms with van der Waals surface area (Å²) < 4.78 is 10.9. The fourth-order valence-electron chi connectivity index (χ4n) is 1.73. The molecule has 2 rings (SSSR count). The van der Waals surface area contributed by atoms with E-state index in [1.54, 1.807) is 12.1 Å². The summed E-state index contributed by atoms with van der Waals surface area (Å²) in [5.41, 5.74) is 0.687. The molecule has 1 aliphatic rings. The number of benzene rings is 1. The average molecular weight is 224 g/mol. The first kappa shape index (κ1) is 11.1. The van der Waals surface area contributed by atoms with Gasteiger partial charge in [0.25, 0.3) is 0 Å². The topological polar surface area (TPSA) is 58.9 Å². The van der Waals surface area contributed by atoms with E-state index in [-0.39, 0.29) is 18.3 Å². The maximum absolute atomic E-state index is 10.0. The Labute approximate surface area is 94.4 Å². The molecule has 88 valence electrons. The third-order valence-electron chi connectivity index (χ3n) is 2.72. The van der Waals surface area contributed by atoms with Crippen molar-refractivity contribution < 1.29 is 19.7 Å². The number of aliphatic hydroxyl groups excluding tert-OH is 1. The number of aliphatic hydroxyl groups is 1. The Hall–Kier alpha value is -1.42. The zero-order valence-electron chi connectivity index (χ0n) is 9.27. The molecule has 0 fully saturated rings. The Morgan fingerprint density at radius 1 is 1.31 bits per heavy atom. The van der Waals surface area contributed by atoms with Gasteiger partial charge in [0.05, 0.1) is 13.2 Å². The highest BCUT2D eigenvalue weighted by atomic mass is 16.5. The van der Waals surface area contributed by atoms with E-state index in [4.69, 9.17) is 14.6 Å². The molecule has 1 aliphatic heterocycles. The molecule has 1 heterocycles. The molecule has 1 aromatic carbocycles. The van der Waals surface area contributed by atoms with E-state index in [1.165, 1.54) is 0 Å². The molecule has 0 saturated carbocycles. The van der Waals surface area contributed by atoms with Crippen molar-refractivity contribution in [2.75, 3.05) is 19.8 Å². The second kappa shape index (κ2) is 4.61. The molecule has 16 heavy (non-hydrogen) atoms. The van der Waals surface area contributed by atoms with Crippen LogP contribution in [-0.4, -0.2) is 30.0 Å². The Kier molecular flexibility index (Phi) is 3.19. The van der Waals surface area contributed by atoms with Crippen LogP contribution >= 0.6 is 0 Å². The van der Waals surface area contributed by atoms with Crippen LogP contribution in [0.1, 0.15) is 24.8 Å². The minimum Gasteiger partial charge on any atom is -0.504 e. The number of ether oxygens (including phenoxy) is 2. The maximum Gasteiger partial charge on any atom is 0.203 e. The summed E-state index contributed by atoms with van der Waals surface area (Å²) in [6.45, 7) is 2.98. The predicted molar refractivity (Wildman–Crippen MR) is 59.2 cm³/mol. The number of hydrogen-bond donors (Lipinski definition) is 2. The van der Waals surface area contributed by atoms with Gasteiger partial charge in [0.1, 0.15) is 0 Å². The van der Waals surface area contributed by atoms with Gasteiger partial charge < -0.3 is 19.7 Å². The summed E-state index contributed by atoms with van der Waals surface area (Å²) in [4.78, 5) is 0. The van der Waals surface area contributed by atoms with E-state index in [9.17, 15) is 5.11 Å². The van der Waals surface area contributed by atoms with E-state index in [1.807, 2.05) is 6.92 Å². The van der Waals surface area contributed by atoms with Crippen LogP contribution < -0.4 is 9.47 Å². The van der Waals surface area contributed by atoms with Gasteiger partial charge in [-0.3, -0.25) is 0 Å². The summed E-state index contributed by atoms with van der Waals surface area (Å²) in [6.07, 6.45) is 0.805. The molecule has 0 saturated heterocycles. The van der Waals surface area contributed by atoms with Crippen LogP contribution in [0.15, 0.2) is 12.1 Å². The molecule has 1 aromatic rings. The maximum atomic E-state index is 10.0. The highest BCUT2D eigenvalue weighted by Crippen LogP contribution is 2.42.